The van der Waals surface area contributed by atoms with E-state index in [9.17, 15) is 0 Å². The molecule has 0 unspecified atom stereocenters. The van der Waals surface area contributed by atoms with Gasteiger partial charge in [-0.05, 0) is 157 Å². The molecule has 4 heteroatoms. The third kappa shape index (κ3) is 5.52. The Balaban J connectivity index is 1.03. The van der Waals surface area contributed by atoms with Crippen LogP contribution in [0.4, 0.5) is 34.1 Å². The maximum absolute atomic E-state index is 6.76. The SMILES string of the molecule is Cc1ccc(N(c2ccccc2)c2ccc3cc4c(cc3c2)oc2c4ccc3c4cc5ccc(N(c6ccccc6)c6ccc(C)cc6C)cc5cc4oc32)c(C)c1. The maximum atomic E-state index is 6.76. The topological polar surface area (TPSA) is 32.8 Å². The van der Waals surface area contributed by atoms with E-state index in [2.05, 4.69) is 207 Å². The first kappa shape index (κ1) is 34.0. The average Bonchev–Trinajstić information content (AvgIpc) is 3.79. The molecule has 9 aromatic carbocycles. The number of hydrogen-bond acceptors (Lipinski definition) is 4. The van der Waals surface area contributed by atoms with E-state index in [1.165, 1.54) is 22.3 Å². The van der Waals surface area contributed by atoms with Crippen molar-refractivity contribution in [3.63, 3.8) is 0 Å². The van der Waals surface area contributed by atoms with E-state index in [1.54, 1.807) is 0 Å². The first-order chi connectivity index (χ1) is 28.4. The Bertz CT molecular complexity index is 3170. The van der Waals surface area contributed by atoms with Gasteiger partial charge in [-0.2, -0.15) is 0 Å². The number of furan rings is 2. The molecule has 4 nitrogen and oxygen atoms in total. The largest absolute Gasteiger partial charge is 0.452 e. The van der Waals surface area contributed by atoms with Crippen molar-refractivity contribution in [2.75, 3.05) is 9.80 Å². The first-order valence-electron chi connectivity index (χ1n) is 19.9. The highest BCUT2D eigenvalue weighted by Gasteiger charge is 2.20. The zero-order valence-electron chi connectivity index (χ0n) is 32.9. The summed E-state index contributed by atoms with van der Waals surface area (Å²) >= 11 is 0. The van der Waals surface area contributed by atoms with E-state index in [4.69, 9.17) is 8.83 Å². The fraction of sp³-hybridized carbons (Fsp3) is 0.0741. The van der Waals surface area contributed by atoms with Crippen LogP contribution in [0.3, 0.4) is 0 Å². The minimum atomic E-state index is 0.773. The summed E-state index contributed by atoms with van der Waals surface area (Å²) in [5.41, 5.74) is 14.9. The molecule has 2 aromatic heterocycles. The molecular formula is C54H40N2O2. The highest BCUT2D eigenvalue weighted by Crippen LogP contribution is 2.44. The Morgan fingerprint density at radius 1 is 0.328 bits per heavy atom. The number of para-hydroxylation sites is 2. The second kappa shape index (κ2) is 13.1. The third-order valence-corrected chi connectivity index (χ3v) is 11.7. The van der Waals surface area contributed by atoms with E-state index in [1.807, 2.05) is 0 Å². The second-order valence-electron chi connectivity index (χ2n) is 15.7. The van der Waals surface area contributed by atoms with Crippen LogP contribution in [-0.2, 0) is 0 Å². The van der Waals surface area contributed by atoms with E-state index in [0.717, 1.165) is 99.5 Å². The van der Waals surface area contributed by atoms with Crippen molar-refractivity contribution in [3.05, 3.63) is 192 Å². The minimum Gasteiger partial charge on any atom is -0.452 e. The molecule has 278 valence electrons. The van der Waals surface area contributed by atoms with Crippen LogP contribution in [0, 0.1) is 27.7 Å². The molecule has 0 bridgehead atoms. The zero-order valence-corrected chi connectivity index (χ0v) is 32.9. The molecule has 2 heterocycles. The van der Waals surface area contributed by atoms with E-state index >= 15 is 0 Å². The monoisotopic (exact) mass is 748 g/mol. The number of anilines is 6. The molecule has 0 aliphatic rings. The van der Waals surface area contributed by atoms with Gasteiger partial charge in [-0.1, -0.05) is 83.9 Å². The molecule has 0 atom stereocenters. The lowest BCUT2D eigenvalue weighted by Gasteiger charge is -2.27. The summed E-state index contributed by atoms with van der Waals surface area (Å²) in [5.74, 6) is 0. The normalized spacial score (nSPS) is 11.8. The van der Waals surface area contributed by atoms with Crippen LogP contribution in [0.15, 0.2) is 179 Å². The molecule has 11 rings (SSSR count). The quantitative estimate of drug-likeness (QED) is 0.170. The fourth-order valence-corrected chi connectivity index (χ4v) is 8.93. The molecule has 0 saturated carbocycles. The van der Waals surface area contributed by atoms with Crippen molar-refractivity contribution < 1.29 is 8.83 Å². The predicted molar refractivity (Wildman–Crippen MR) is 244 cm³/mol. The lowest BCUT2D eigenvalue weighted by atomic mass is 10.0. The second-order valence-corrected chi connectivity index (χ2v) is 15.7. The number of hydrogen-bond donors (Lipinski definition) is 0. The van der Waals surface area contributed by atoms with Gasteiger partial charge in [0, 0.05) is 55.7 Å². The number of nitrogens with zero attached hydrogens (tertiary/aromatic N) is 2. The van der Waals surface area contributed by atoms with Crippen molar-refractivity contribution in [1.82, 2.24) is 0 Å². The predicted octanol–water partition coefficient (Wildman–Crippen LogP) is 16.0. The van der Waals surface area contributed by atoms with Gasteiger partial charge < -0.3 is 18.6 Å². The maximum Gasteiger partial charge on any atom is 0.178 e. The molecule has 58 heavy (non-hydrogen) atoms. The molecule has 11 aromatic rings. The summed E-state index contributed by atoms with van der Waals surface area (Å²) in [7, 11) is 0. The van der Waals surface area contributed by atoms with Crippen LogP contribution in [0.2, 0.25) is 0 Å². The van der Waals surface area contributed by atoms with E-state index in [-0.39, 0.29) is 0 Å². The lowest BCUT2D eigenvalue weighted by Crippen LogP contribution is -2.11. The van der Waals surface area contributed by atoms with Gasteiger partial charge >= 0.3 is 0 Å². The number of fused-ring (bicyclic) bond motifs is 9. The van der Waals surface area contributed by atoms with Gasteiger partial charge in [0.2, 0.25) is 0 Å². The van der Waals surface area contributed by atoms with Crippen molar-refractivity contribution in [3.8, 4) is 0 Å². The van der Waals surface area contributed by atoms with Gasteiger partial charge in [-0.15, -0.1) is 0 Å². The van der Waals surface area contributed by atoms with Gasteiger partial charge in [0.1, 0.15) is 11.2 Å². The number of rotatable bonds is 6. The van der Waals surface area contributed by atoms with Crippen LogP contribution in [0.5, 0.6) is 0 Å². The molecule has 0 spiro atoms. The molecule has 0 fully saturated rings. The number of benzene rings is 9. The first-order valence-corrected chi connectivity index (χ1v) is 19.9. The summed E-state index contributed by atoms with van der Waals surface area (Å²) < 4.78 is 13.5. The van der Waals surface area contributed by atoms with Crippen molar-refractivity contribution in [2.45, 2.75) is 27.7 Å². The summed E-state index contributed by atoms with van der Waals surface area (Å²) in [5, 5.41) is 8.80. The average molecular weight is 749 g/mol. The minimum absolute atomic E-state index is 0.773. The van der Waals surface area contributed by atoms with Crippen molar-refractivity contribution in [1.29, 1.82) is 0 Å². The zero-order chi connectivity index (χ0) is 39.1. The summed E-state index contributed by atoms with van der Waals surface area (Å²) in [4.78, 5) is 4.68. The van der Waals surface area contributed by atoms with Crippen LogP contribution < -0.4 is 9.80 Å². The lowest BCUT2D eigenvalue weighted by molar-refractivity contribution is 0.634. The molecule has 0 radical (unpaired) electrons. The molecule has 0 aliphatic carbocycles. The summed E-state index contributed by atoms with van der Waals surface area (Å²) in [6.07, 6.45) is 0. The Kier molecular flexibility index (Phi) is 7.70. The van der Waals surface area contributed by atoms with Gasteiger partial charge in [-0.3, -0.25) is 0 Å². The standard InChI is InChI=1S/C54H40N2O2/c1-33-15-23-49(35(3)25-33)55(41-11-7-5-8-12-41)43-19-17-37-29-47-45-21-22-46-48-30-38-18-20-44(56(42-13-9-6-10-14-42)50-24-16-34(2)26-36(50)4)28-40(38)32-52(48)58-54(46)53(45)57-51(47)31-39(37)27-43/h5-32H,1-4H3. The molecule has 0 saturated heterocycles. The third-order valence-electron chi connectivity index (χ3n) is 11.7. The molecule has 0 N–H and O–H groups in total. The van der Waals surface area contributed by atoms with Gasteiger partial charge in [0.05, 0.1) is 0 Å². The van der Waals surface area contributed by atoms with Gasteiger partial charge in [-0.25, -0.2) is 0 Å². The molecule has 0 aliphatic heterocycles. The van der Waals surface area contributed by atoms with Crippen LogP contribution in [0.1, 0.15) is 22.3 Å². The van der Waals surface area contributed by atoms with E-state index in [0.29, 0.717) is 0 Å². The van der Waals surface area contributed by atoms with Crippen LogP contribution in [-0.4, -0.2) is 0 Å². The Morgan fingerprint density at radius 3 is 1.17 bits per heavy atom. The Labute approximate surface area is 336 Å². The summed E-state index contributed by atoms with van der Waals surface area (Å²) in [6, 6.07) is 61.1. The Morgan fingerprint density at radius 2 is 0.759 bits per heavy atom. The fourth-order valence-electron chi connectivity index (χ4n) is 8.93. The molecule has 0 amide bonds. The van der Waals surface area contributed by atoms with Gasteiger partial charge in [0.15, 0.2) is 11.2 Å². The van der Waals surface area contributed by atoms with Crippen molar-refractivity contribution in [2.24, 2.45) is 0 Å². The smallest absolute Gasteiger partial charge is 0.178 e. The van der Waals surface area contributed by atoms with E-state index < -0.39 is 0 Å². The van der Waals surface area contributed by atoms with Crippen molar-refractivity contribution >= 4 is 99.5 Å². The highest BCUT2D eigenvalue weighted by atomic mass is 16.4. The van der Waals surface area contributed by atoms with Gasteiger partial charge in [0.25, 0.3) is 0 Å². The Hall–Kier alpha value is -7.30. The number of aryl methyl sites for hydroxylation is 4. The summed E-state index contributed by atoms with van der Waals surface area (Å²) in [6.45, 7) is 8.65. The highest BCUT2D eigenvalue weighted by molar-refractivity contribution is 6.21. The van der Waals surface area contributed by atoms with Crippen LogP contribution in [0.25, 0.3) is 65.4 Å². The molecular weight excluding hydrogens is 709 g/mol. The van der Waals surface area contributed by atoms with Crippen LogP contribution >= 0.6 is 0 Å².